The first-order valence-electron chi connectivity index (χ1n) is 10.4. The molecule has 2 rings (SSSR count). The maximum atomic E-state index is 13.1. The molecule has 1 N–H and O–H groups in total. The molecular weight excluding hydrogens is 432 g/mol. The van der Waals surface area contributed by atoms with Gasteiger partial charge in [0.15, 0.2) is 0 Å². The van der Waals surface area contributed by atoms with Gasteiger partial charge in [0.25, 0.3) is 0 Å². The van der Waals surface area contributed by atoms with Crippen LogP contribution in [0.25, 0.3) is 0 Å². The summed E-state index contributed by atoms with van der Waals surface area (Å²) in [5.74, 6) is 1.40. The second-order valence-electron chi connectivity index (χ2n) is 7.61. The van der Waals surface area contributed by atoms with Gasteiger partial charge in [-0.05, 0) is 74.9 Å². The number of hydrogen-bond donors (Lipinski definition) is 1. The van der Waals surface area contributed by atoms with Crippen LogP contribution in [0.5, 0.6) is 5.75 Å². The number of methoxy groups -OCH3 is 1. The Hall–Kier alpha value is -2.18. The molecule has 0 bridgehead atoms. The summed E-state index contributed by atoms with van der Waals surface area (Å²) >= 11 is 7.61. The molecule has 2 aromatic carbocycles. The minimum Gasteiger partial charge on any atom is -0.497 e. The van der Waals surface area contributed by atoms with Crippen LogP contribution < -0.4 is 10.1 Å². The summed E-state index contributed by atoms with van der Waals surface area (Å²) in [5.41, 5.74) is 0.953. The van der Waals surface area contributed by atoms with Crippen LogP contribution in [0.4, 0.5) is 0 Å². The van der Waals surface area contributed by atoms with E-state index in [9.17, 15) is 9.59 Å². The Balaban J connectivity index is 2.00. The Bertz CT molecular complexity index is 841. The van der Waals surface area contributed by atoms with Gasteiger partial charge in [-0.25, -0.2) is 0 Å². The normalized spacial score (nSPS) is 11.8. The van der Waals surface area contributed by atoms with Crippen LogP contribution in [-0.2, 0) is 16.1 Å². The van der Waals surface area contributed by atoms with Gasteiger partial charge in [0.1, 0.15) is 11.8 Å². The highest BCUT2D eigenvalue weighted by Gasteiger charge is 2.26. The van der Waals surface area contributed by atoms with E-state index >= 15 is 0 Å². The molecule has 0 aliphatic rings. The predicted molar refractivity (Wildman–Crippen MR) is 128 cm³/mol. The molecule has 0 saturated heterocycles. The molecule has 0 aliphatic carbocycles. The molecule has 0 aliphatic heterocycles. The van der Waals surface area contributed by atoms with Gasteiger partial charge in [-0.3, -0.25) is 9.59 Å². The van der Waals surface area contributed by atoms with Crippen molar-refractivity contribution in [2.45, 2.75) is 57.1 Å². The molecule has 0 radical (unpaired) electrons. The van der Waals surface area contributed by atoms with Crippen LogP contribution >= 0.6 is 23.4 Å². The highest BCUT2D eigenvalue weighted by molar-refractivity contribution is 7.99. The number of nitrogens with one attached hydrogen (secondary N) is 1. The fourth-order valence-corrected chi connectivity index (χ4v) is 3.98. The second-order valence-corrected chi connectivity index (χ2v) is 9.22. The maximum absolute atomic E-state index is 13.1. The Morgan fingerprint density at radius 2 is 1.71 bits per heavy atom. The van der Waals surface area contributed by atoms with Gasteiger partial charge in [-0.1, -0.05) is 23.7 Å². The number of carbonyl (C=O) groups excluding carboxylic acids is 2. The Morgan fingerprint density at radius 3 is 2.29 bits per heavy atom. The first-order valence-corrected chi connectivity index (χ1v) is 11.8. The molecule has 0 saturated carbocycles. The zero-order chi connectivity index (χ0) is 22.8. The average molecular weight is 463 g/mol. The molecule has 0 heterocycles. The predicted octanol–water partition coefficient (Wildman–Crippen LogP) is 5.16. The third-order valence-electron chi connectivity index (χ3n) is 4.73. The molecule has 0 aromatic heterocycles. The standard InChI is InChI=1S/C24H31ClN2O3S/c1-17(2)26-24(29)18(3)27(16-19-7-11-21(30-4)12-8-19)23(28)6-5-15-31-22-13-9-20(25)10-14-22/h7-14,17-18H,5-6,15-16H2,1-4H3,(H,26,29). The third kappa shape index (κ3) is 8.46. The second kappa shape index (κ2) is 12.6. The van der Waals surface area contributed by atoms with Crippen LogP contribution in [-0.4, -0.2) is 41.7 Å². The van der Waals surface area contributed by atoms with E-state index in [1.165, 1.54) is 0 Å². The number of nitrogens with zero attached hydrogens (tertiary/aromatic N) is 1. The Kier molecular flexibility index (Phi) is 10.2. The molecule has 168 valence electrons. The molecule has 2 aromatic rings. The summed E-state index contributed by atoms with van der Waals surface area (Å²) in [5, 5.41) is 3.62. The lowest BCUT2D eigenvalue weighted by atomic mass is 10.1. The zero-order valence-corrected chi connectivity index (χ0v) is 20.1. The number of rotatable bonds is 11. The van der Waals surface area contributed by atoms with Crippen molar-refractivity contribution in [3.8, 4) is 5.75 Å². The van der Waals surface area contributed by atoms with Gasteiger partial charge < -0.3 is 15.0 Å². The number of carbonyl (C=O) groups is 2. The first kappa shape index (κ1) is 25.1. The molecule has 2 amide bonds. The molecule has 0 fully saturated rings. The number of thioether (sulfide) groups is 1. The topological polar surface area (TPSA) is 58.6 Å². The number of amides is 2. The van der Waals surface area contributed by atoms with Gasteiger partial charge in [0.2, 0.25) is 11.8 Å². The molecule has 1 unspecified atom stereocenters. The highest BCUT2D eigenvalue weighted by Crippen LogP contribution is 2.22. The van der Waals surface area contributed by atoms with Crippen LogP contribution in [0.3, 0.4) is 0 Å². The van der Waals surface area contributed by atoms with E-state index < -0.39 is 6.04 Å². The first-order chi connectivity index (χ1) is 14.8. The van der Waals surface area contributed by atoms with Crippen molar-refractivity contribution in [1.82, 2.24) is 10.2 Å². The van der Waals surface area contributed by atoms with E-state index in [-0.39, 0.29) is 17.9 Å². The Labute approximate surface area is 194 Å². The van der Waals surface area contributed by atoms with Crippen LogP contribution in [0.1, 0.15) is 39.2 Å². The summed E-state index contributed by atoms with van der Waals surface area (Å²) in [6.07, 6.45) is 1.11. The van der Waals surface area contributed by atoms with Crippen molar-refractivity contribution in [2.24, 2.45) is 0 Å². The summed E-state index contributed by atoms with van der Waals surface area (Å²) in [6, 6.07) is 14.7. The van der Waals surface area contributed by atoms with Crippen molar-refractivity contribution in [2.75, 3.05) is 12.9 Å². The highest BCUT2D eigenvalue weighted by atomic mass is 35.5. The summed E-state index contributed by atoms with van der Waals surface area (Å²) in [6.45, 7) is 5.98. The zero-order valence-electron chi connectivity index (χ0n) is 18.6. The fourth-order valence-electron chi connectivity index (χ4n) is 3.00. The maximum Gasteiger partial charge on any atom is 0.242 e. The molecule has 5 nitrogen and oxygen atoms in total. The minimum atomic E-state index is -0.555. The van der Waals surface area contributed by atoms with E-state index in [0.29, 0.717) is 18.0 Å². The minimum absolute atomic E-state index is 0.0173. The molecule has 31 heavy (non-hydrogen) atoms. The van der Waals surface area contributed by atoms with E-state index in [1.807, 2.05) is 62.4 Å². The van der Waals surface area contributed by atoms with E-state index in [4.69, 9.17) is 16.3 Å². The monoisotopic (exact) mass is 462 g/mol. The lowest BCUT2D eigenvalue weighted by molar-refractivity contribution is -0.140. The van der Waals surface area contributed by atoms with E-state index in [2.05, 4.69) is 5.32 Å². The third-order valence-corrected chi connectivity index (χ3v) is 6.08. The molecule has 0 spiro atoms. The van der Waals surface area contributed by atoms with Crippen LogP contribution in [0.2, 0.25) is 5.02 Å². The summed E-state index contributed by atoms with van der Waals surface area (Å²) in [7, 11) is 1.62. The number of benzene rings is 2. The van der Waals surface area contributed by atoms with E-state index in [0.717, 1.165) is 28.4 Å². The number of hydrogen-bond acceptors (Lipinski definition) is 4. The number of halogens is 1. The van der Waals surface area contributed by atoms with Crippen molar-refractivity contribution in [3.63, 3.8) is 0 Å². The van der Waals surface area contributed by atoms with Crippen molar-refractivity contribution in [3.05, 3.63) is 59.1 Å². The fraction of sp³-hybridized carbons (Fsp3) is 0.417. The van der Waals surface area contributed by atoms with Crippen molar-refractivity contribution in [1.29, 1.82) is 0 Å². The number of ether oxygens (including phenoxy) is 1. The smallest absolute Gasteiger partial charge is 0.242 e. The average Bonchev–Trinajstić information content (AvgIpc) is 2.75. The van der Waals surface area contributed by atoms with Gasteiger partial charge in [-0.2, -0.15) is 0 Å². The molecule has 1 atom stereocenters. The van der Waals surface area contributed by atoms with Crippen LogP contribution in [0, 0.1) is 0 Å². The van der Waals surface area contributed by atoms with Crippen molar-refractivity contribution >= 4 is 35.2 Å². The summed E-state index contributed by atoms with van der Waals surface area (Å²) < 4.78 is 5.21. The Morgan fingerprint density at radius 1 is 1.06 bits per heavy atom. The van der Waals surface area contributed by atoms with Gasteiger partial charge in [0, 0.05) is 28.9 Å². The lowest BCUT2D eigenvalue weighted by Crippen LogP contribution is -2.49. The lowest BCUT2D eigenvalue weighted by Gasteiger charge is -2.29. The summed E-state index contributed by atoms with van der Waals surface area (Å²) in [4.78, 5) is 28.4. The SMILES string of the molecule is COc1ccc(CN(C(=O)CCCSc2ccc(Cl)cc2)C(C)C(=O)NC(C)C)cc1. The van der Waals surface area contributed by atoms with Gasteiger partial charge >= 0.3 is 0 Å². The van der Waals surface area contributed by atoms with E-state index in [1.54, 1.807) is 30.7 Å². The van der Waals surface area contributed by atoms with Gasteiger partial charge in [0.05, 0.1) is 7.11 Å². The quantitative estimate of drug-likeness (QED) is 0.370. The van der Waals surface area contributed by atoms with Gasteiger partial charge in [-0.15, -0.1) is 11.8 Å². The largest absolute Gasteiger partial charge is 0.497 e. The van der Waals surface area contributed by atoms with Crippen LogP contribution in [0.15, 0.2) is 53.4 Å². The molecule has 7 heteroatoms. The van der Waals surface area contributed by atoms with Crippen molar-refractivity contribution < 1.29 is 14.3 Å². The molecular formula is C24H31ClN2O3S.